The van der Waals surface area contributed by atoms with Crippen LogP contribution in [0.25, 0.3) is 0 Å². The van der Waals surface area contributed by atoms with Crippen LogP contribution in [0.2, 0.25) is 0 Å². The average molecular weight is 581 g/mol. The van der Waals surface area contributed by atoms with Crippen molar-refractivity contribution in [3.63, 3.8) is 0 Å². The van der Waals surface area contributed by atoms with Crippen LogP contribution in [-0.4, -0.2) is 64.5 Å². The number of rotatable bonds is 11. The summed E-state index contributed by atoms with van der Waals surface area (Å²) in [5, 5.41) is 3.79. The summed E-state index contributed by atoms with van der Waals surface area (Å²) in [4.78, 5) is 42.0. The van der Waals surface area contributed by atoms with Crippen molar-refractivity contribution in [2.24, 2.45) is 5.92 Å². The highest BCUT2D eigenvalue weighted by Crippen LogP contribution is 2.33. The maximum absolute atomic E-state index is 13.1. The Morgan fingerprint density at radius 3 is 2.00 bits per heavy atom. The fourth-order valence-corrected chi connectivity index (χ4v) is 5.30. The van der Waals surface area contributed by atoms with Gasteiger partial charge in [0.2, 0.25) is 17.7 Å². The first-order valence-corrected chi connectivity index (χ1v) is 16.7. The molecule has 2 aliphatic heterocycles. The molecule has 0 aromatic carbocycles. The Labute approximate surface area is 250 Å². The van der Waals surface area contributed by atoms with Gasteiger partial charge in [0.25, 0.3) is 0 Å². The monoisotopic (exact) mass is 580 g/mol. The number of carbonyl (C=O) groups excluding carboxylic acids is 3. The molecule has 1 unspecified atom stereocenters. The molecule has 2 N–H and O–H groups in total. The van der Waals surface area contributed by atoms with Crippen LogP contribution in [0.1, 0.15) is 120 Å². The average Bonchev–Trinajstić information content (AvgIpc) is 3.66. The Balaban J connectivity index is 0.00000171. The van der Waals surface area contributed by atoms with E-state index in [1.165, 1.54) is 19.3 Å². The fraction of sp³-hybridized carbons (Fsp3) is 0.781. The highest BCUT2D eigenvalue weighted by molar-refractivity contribution is 7.98. The van der Waals surface area contributed by atoms with Crippen molar-refractivity contribution in [2.75, 3.05) is 19.6 Å². The largest absolute Gasteiger partial charge is 0.346 e. The number of allylic oxidation sites excluding steroid dienone is 1. The van der Waals surface area contributed by atoms with E-state index in [2.05, 4.69) is 37.4 Å². The van der Waals surface area contributed by atoms with Crippen LogP contribution in [0.4, 0.5) is 0 Å². The maximum Gasteiger partial charge on any atom is 0.243 e. The van der Waals surface area contributed by atoms with E-state index in [4.69, 9.17) is 0 Å². The van der Waals surface area contributed by atoms with Gasteiger partial charge in [-0.05, 0) is 76.2 Å². The molecule has 3 fully saturated rings. The molecular formula is C32H60N4O3S. The lowest BCUT2D eigenvalue weighted by atomic mass is 10.1. The molecule has 2 heterocycles. The van der Waals surface area contributed by atoms with Gasteiger partial charge in [0.05, 0.1) is 6.04 Å². The maximum atomic E-state index is 13.1. The zero-order chi connectivity index (χ0) is 30.5. The summed E-state index contributed by atoms with van der Waals surface area (Å²) in [5.41, 5.74) is 0.971. The molecule has 0 bridgehead atoms. The van der Waals surface area contributed by atoms with Gasteiger partial charge in [0.15, 0.2) is 0 Å². The molecule has 0 aromatic heterocycles. The Morgan fingerprint density at radius 2 is 1.48 bits per heavy atom. The molecule has 7 nitrogen and oxygen atoms in total. The number of hydrogen-bond acceptors (Lipinski definition) is 5. The summed E-state index contributed by atoms with van der Waals surface area (Å²) in [6.07, 6.45) is 12.0. The van der Waals surface area contributed by atoms with Crippen molar-refractivity contribution < 1.29 is 14.4 Å². The van der Waals surface area contributed by atoms with Gasteiger partial charge in [-0.15, -0.1) is 6.58 Å². The lowest BCUT2D eigenvalue weighted by molar-refractivity contribution is -0.141. The summed E-state index contributed by atoms with van der Waals surface area (Å²) in [5.74, 6) is 0.672. The van der Waals surface area contributed by atoms with E-state index in [9.17, 15) is 14.4 Å². The second kappa shape index (κ2) is 22.7. The first-order chi connectivity index (χ1) is 19.3. The van der Waals surface area contributed by atoms with Gasteiger partial charge in [-0.1, -0.05) is 60.6 Å². The van der Waals surface area contributed by atoms with Gasteiger partial charge in [0, 0.05) is 43.4 Å². The lowest BCUT2D eigenvalue weighted by Gasteiger charge is -2.29. The first kappa shape index (κ1) is 38.0. The molecule has 2 atom stereocenters. The molecule has 3 rings (SSSR count). The van der Waals surface area contributed by atoms with Crippen LogP contribution < -0.4 is 10.0 Å². The van der Waals surface area contributed by atoms with Crippen LogP contribution in [0.3, 0.4) is 0 Å². The molecule has 8 heteroatoms. The van der Waals surface area contributed by atoms with Gasteiger partial charge in [-0.25, -0.2) is 0 Å². The van der Waals surface area contributed by atoms with Crippen LogP contribution in [0.5, 0.6) is 0 Å². The number of piperidine rings is 1. The van der Waals surface area contributed by atoms with Crippen LogP contribution in [-0.2, 0) is 14.4 Å². The number of amides is 3. The van der Waals surface area contributed by atoms with E-state index in [0.29, 0.717) is 24.6 Å². The zero-order valence-electron chi connectivity index (χ0n) is 26.9. The predicted octanol–water partition coefficient (Wildman–Crippen LogP) is 6.85. The third-order valence-electron chi connectivity index (χ3n) is 6.41. The van der Waals surface area contributed by atoms with Gasteiger partial charge >= 0.3 is 0 Å². The highest BCUT2D eigenvalue weighted by atomic mass is 32.2. The van der Waals surface area contributed by atoms with Gasteiger partial charge in [0.1, 0.15) is 6.04 Å². The van der Waals surface area contributed by atoms with Crippen LogP contribution in [0.15, 0.2) is 24.4 Å². The van der Waals surface area contributed by atoms with Gasteiger partial charge < -0.3 is 19.8 Å². The Bertz CT molecular complexity index is 759. The molecule has 3 amide bonds. The SMILES string of the molecule is C=CCC(NC(=O)[C@@H]1CCCN1C(=O)CCC(=O)N1CCCCC1)/C(=C\C)NSC1CC1.CC.CC.CC(C)C. The second-order valence-electron chi connectivity index (χ2n) is 10.7. The summed E-state index contributed by atoms with van der Waals surface area (Å²) in [6.45, 7) is 22.5. The number of carbonyl (C=O) groups is 3. The van der Waals surface area contributed by atoms with Crippen molar-refractivity contribution >= 4 is 29.7 Å². The molecule has 3 aliphatic rings. The first-order valence-electron chi connectivity index (χ1n) is 15.8. The topological polar surface area (TPSA) is 81.8 Å². The molecule has 40 heavy (non-hydrogen) atoms. The van der Waals surface area contributed by atoms with Crippen molar-refractivity contribution in [3.8, 4) is 0 Å². The normalized spacial score (nSPS) is 19.1. The Morgan fingerprint density at radius 1 is 0.900 bits per heavy atom. The number of likely N-dealkylation sites (tertiary alicyclic amines) is 2. The molecule has 0 aromatic rings. The summed E-state index contributed by atoms with van der Waals surface area (Å²) in [7, 11) is 0. The van der Waals surface area contributed by atoms with Crippen molar-refractivity contribution in [1.29, 1.82) is 0 Å². The number of nitrogens with one attached hydrogen (secondary N) is 2. The standard InChI is InChI=1S/C24H38N4O3S.C4H10.2C2H6/c1-3-9-20(19(4-2)26-32-18-11-12-18)25-24(31)21-10-8-17-28(21)23(30)14-13-22(29)27-15-6-5-7-16-27;1-4(2)3;2*1-2/h3-4,18,20-21,26H,1,5-17H2,2H3,(H,25,31);4H,1-3H3;2*1-2H3/b19-4+;;;/t20?,21-;;;/m0.../s1. The van der Waals surface area contributed by atoms with Gasteiger partial charge in [-0.3, -0.25) is 14.4 Å². The summed E-state index contributed by atoms with van der Waals surface area (Å²) in [6, 6.07) is -0.649. The highest BCUT2D eigenvalue weighted by Gasteiger charge is 2.35. The lowest BCUT2D eigenvalue weighted by Crippen LogP contribution is -2.50. The molecule has 232 valence electrons. The van der Waals surface area contributed by atoms with E-state index >= 15 is 0 Å². The van der Waals surface area contributed by atoms with Crippen molar-refractivity contribution in [3.05, 3.63) is 24.4 Å². The van der Waals surface area contributed by atoms with Crippen LogP contribution in [0, 0.1) is 5.92 Å². The molecular weight excluding hydrogens is 520 g/mol. The van der Waals surface area contributed by atoms with Crippen molar-refractivity contribution in [2.45, 2.75) is 137 Å². The Kier molecular flexibility index (Phi) is 21.6. The fourth-order valence-electron chi connectivity index (χ4n) is 4.36. The van der Waals surface area contributed by atoms with E-state index in [0.717, 1.165) is 44.0 Å². The summed E-state index contributed by atoms with van der Waals surface area (Å²) >= 11 is 1.71. The zero-order valence-corrected chi connectivity index (χ0v) is 27.7. The van der Waals surface area contributed by atoms with E-state index < -0.39 is 6.04 Å². The minimum absolute atomic E-state index is 0.0567. The molecule has 0 spiro atoms. The third-order valence-corrected chi connectivity index (χ3v) is 7.57. The quantitative estimate of drug-likeness (QED) is 0.206. The molecule has 2 saturated heterocycles. The van der Waals surface area contributed by atoms with Gasteiger partial charge in [-0.2, -0.15) is 0 Å². The number of hydrogen-bond donors (Lipinski definition) is 2. The summed E-state index contributed by atoms with van der Waals surface area (Å²) < 4.78 is 3.40. The second-order valence-corrected chi connectivity index (χ2v) is 11.8. The molecule has 1 saturated carbocycles. The van der Waals surface area contributed by atoms with E-state index in [1.807, 2.05) is 51.7 Å². The minimum Gasteiger partial charge on any atom is -0.346 e. The molecule has 1 aliphatic carbocycles. The van der Waals surface area contributed by atoms with E-state index in [-0.39, 0.29) is 36.6 Å². The van der Waals surface area contributed by atoms with Crippen molar-refractivity contribution in [1.82, 2.24) is 19.8 Å². The predicted molar refractivity (Wildman–Crippen MR) is 172 cm³/mol. The number of nitrogens with zero attached hydrogens (tertiary/aromatic N) is 2. The molecule has 0 radical (unpaired) electrons. The minimum atomic E-state index is -0.464. The Hall–Kier alpha value is -1.96. The van der Waals surface area contributed by atoms with Crippen LogP contribution >= 0.6 is 11.9 Å². The smallest absolute Gasteiger partial charge is 0.243 e. The van der Waals surface area contributed by atoms with E-state index in [1.54, 1.807) is 16.8 Å². The third kappa shape index (κ3) is 15.2.